The zero-order valence-electron chi connectivity index (χ0n) is 13.5. The van der Waals surface area contributed by atoms with Gasteiger partial charge in [0.25, 0.3) is 0 Å². The van der Waals surface area contributed by atoms with Gasteiger partial charge in [0.1, 0.15) is 5.75 Å². The van der Waals surface area contributed by atoms with E-state index in [1.807, 2.05) is 6.20 Å². The molecule has 118 valence electrons. The Bertz CT molecular complexity index is 579. The molecule has 2 atom stereocenters. The van der Waals surface area contributed by atoms with Crippen molar-refractivity contribution >= 4 is 0 Å². The van der Waals surface area contributed by atoms with Crippen molar-refractivity contribution in [3.05, 3.63) is 48.0 Å². The van der Waals surface area contributed by atoms with Crippen molar-refractivity contribution in [3.8, 4) is 5.75 Å². The molecule has 0 radical (unpaired) electrons. The fourth-order valence-electron chi connectivity index (χ4n) is 3.31. The van der Waals surface area contributed by atoms with E-state index in [0.717, 1.165) is 25.4 Å². The average molecular weight is 300 g/mol. The molecule has 0 spiro atoms. The highest BCUT2D eigenvalue weighted by Crippen LogP contribution is 2.31. The molecule has 1 N–H and O–H groups in total. The number of rotatable bonds is 5. The van der Waals surface area contributed by atoms with Gasteiger partial charge in [0, 0.05) is 43.5 Å². The van der Waals surface area contributed by atoms with Crippen molar-refractivity contribution in [2.24, 2.45) is 0 Å². The summed E-state index contributed by atoms with van der Waals surface area (Å²) in [6, 6.07) is 9.02. The normalized spacial score (nSPS) is 22.4. The van der Waals surface area contributed by atoms with Gasteiger partial charge in [-0.1, -0.05) is 12.1 Å². The van der Waals surface area contributed by atoms with Crippen LogP contribution in [-0.4, -0.2) is 60.1 Å². The second-order valence-electron chi connectivity index (χ2n) is 6.18. The van der Waals surface area contributed by atoms with Gasteiger partial charge in [-0.2, -0.15) is 0 Å². The number of methoxy groups -OCH3 is 1. The molecule has 2 aromatic rings. The Morgan fingerprint density at radius 1 is 1.27 bits per heavy atom. The van der Waals surface area contributed by atoms with Crippen LogP contribution in [-0.2, 0) is 6.54 Å². The molecular weight excluding hydrogens is 276 g/mol. The van der Waals surface area contributed by atoms with Crippen LogP contribution in [0.5, 0.6) is 5.75 Å². The van der Waals surface area contributed by atoms with Crippen LogP contribution < -0.4 is 4.74 Å². The van der Waals surface area contributed by atoms with E-state index in [1.165, 1.54) is 11.3 Å². The smallest absolute Gasteiger partial charge is 0.118 e. The molecule has 1 fully saturated rings. The predicted molar refractivity (Wildman–Crippen MR) is 87.1 cm³/mol. The Balaban J connectivity index is 1.75. The lowest BCUT2D eigenvalue weighted by Gasteiger charge is -2.25. The number of ether oxygens (including phenoxy) is 1. The summed E-state index contributed by atoms with van der Waals surface area (Å²) in [4.78, 5) is 12.1. The summed E-state index contributed by atoms with van der Waals surface area (Å²) in [5, 5.41) is 0. The van der Waals surface area contributed by atoms with E-state index < -0.39 is 0 Å². The summed E-state index contributed by atoms with van der Waals surface area (Å²) in [6.07, 6.45) is 3.65. The molecule has 0 amide bonds. The molecule has 5 heteroatoms. The Kier molecular flexibility index (Phi) is 4.45. The van der Waals surface area contributed by atoms with Crippen LogP contribution in [0.4, 0.5) is 0 Å². The number of likely N-dealkylation sites (tertiary alicyclic amines) is 1. The number of hydrogen-bond acceptors (Lipinski definition) is 4. The number of benzene rings is 1. The minimum Gasteiger partial charge on any atom is -0.497 e. The second-order valence-corrected chi connectivity index (χ2v) is 6.18. The Hall–Kier alpha value is -1.85. The van der Waals surface area contributed by atoms with Crippen molar-refractivity contribution in [1.29, 1.82) is 0 Å². The summed E-state index contributed by atoms with van der Waals surface area (Å²) < 4.78 is 5.27. The van der Waals surface area contributed by atoms with Crippen LogP contribution in [0.1, 0.15) is 17.2 Å². The quantitative estimate of drug-likeness (QED) is 0.916. The van der Waals surface area contributed by atoms with Gasteiger partial charge in [0.2, 0.25) is 0 Å². The van der Waals surface area contributed by atoms with Crippen LogP contribution in [0, 0.1) is 0 Å². The number of H-pyrrole nitrogens is 1. The van der Waals surface area contributed by atoms with Crippen LogP contribution in [0.2, 0.25) is 0 Å². The van der Waals surface area contributed by atoms with Crippen molar-refractivity contribution in [3.63, 3.8) is 0 Å². The molecule has 0 bridgehead atoms. The van der Waals surface area contributed by atoms with E-state index in [1.54, 1.807) is 13.4 Å². The lowest BCUT2D eigenvalue weighted by Crippen LogP contribution is -2.34. The molecule has 1 aliphatic heterocycles. The van der Waals surface area contributed by atoms with Gasteiger partial charge in [-0.25, -0.2) is 4.98 Å². The van der Waals surface area contributed by atoms with Crippen LogP contribution in [0.25, 0.3) is 0 Å². The molecule has 0 unspecified atom stereocenters. The van der Waals surface area contributed by atoms with Gasteiger partial charge < -0.3 is 14.6 Å². The van der Waals surface area contributed by atoms with Gasteiger partial charge in [0.15, 0.2) is 0 Å². The van der Waals surface area contributed by atoms with Crippen LogP contribution in [0.15, 0.2) is 36.8 Å². The van der Waals surface area contributed by atoms with Gasteiger partial charge in [-0.3, -0.25) is 4.90 Å². The number of aromatic nitrogens is 2. The van der Waals surface area contributed by atoms with E-state index in [4.69, 9.17) is 4.74 Å². The number of nitrogens with one attached hydrogen (secondary N) is 1. The summed E-state index contributed by atoms with van der Waals surface area (Å²) in [5.74, 6) is 1.43. The fraction of sp³-hybridized carbons (Fsp3) is 0.471. The van der Waals surface area contributed by atoms with Crippen LogP contribution in [0.3, 0.4) is 0 Å². The molecule has 1 saturated heterocycles. The molecule has 1 aromatic carbocycles. The largest absolute Gasteiger partial charge is 0.497 e. The molecule has 22 heavy (non-hydrogen) atoms. The molecular formula is C17H24N4O. The maximum Gasteiger partial charge on any atom is 0.118 e. The summed E-state index contributed by atoms with van der Waals surface area (Å²) in [6.45, 7) is 3.06. The van der Waals surface area contributed by atoms with Crippen LogP contribution >= 0.6 is 0 Å². The number of aromatic amines is 1. The van der Waals surface area contributed by atoms with Gasteiger partial charge >= 0.3 is 0 Å². The monoisotopic (exact) mass is 300 g/mol. The molecule has 3 rings (SSSR count). The standard InChI is InChI=1S/C17H24N4O/c1-20(2)17-11-21(9-14-8-18-12-19-14)10-16(17)13-4-6-15(22-3)7-5-13/h4-8,12,16-17H,9-11H2,1-3H3,(H,18,19)/t16-,17+/m0/s1. The van der Waals surface area contributed by atoms with E-state index in [0.29, 0.717) is 12.0 Å². The summed E-state index contributed by atoms with van der Waals surface area (Å²) >= 11 is 0. The lowest BCUT2D eigenvalue weighted by atomic mass is 9.93. The third kappa shape index (κ3) is 3.15. The maximum absolute atomic E-state index is 5.27. The molecule has 0 saturated carbocycles. The Morgan fingerprint density at radius 2 is 2.05 bits per heavy atom. The highest BCUT2D eigenvalue weighted by atomic mass is 16.5. The zero-order valence-corrected chi connectivity index (χ0v) is 13.5. The van der Waals surface area contributed by atoms with Gasteiger partial charge in [-0.05, 0) is 31.8 Å². The third-order valence-electron chi connectivity index (χ3n) is 4.52. The lowest BCUT2D eigenvalue weighted by molar-refractivity contribution is 0.258. The van der Waals surface area contributed by atoms with Crippen molar-refractivity contribution in [1.82, 2.24) is 19.8 Å². The first kappa shape index (κ1) is 15.1. The number of hydrogen-bond donors (Lipinski definition) is 1. The Morgan fingerprint density at radius 3 is 2.64 bits per heavy atom. The Labute approximate surface area is 131 Å². The molecule has 1 aliphatic rings. The second kappa shape index (κ2) is 6.50. The first-order valence-electron chi connectivity index (χ1n) is 7.67. The molecule has 2 heterocycles. The summed E-state index contributed by atoms with van der Waals surface area (Å²) in [5.41, 5.74) is 2.56. The minimum atomic E-state index is 0.517. The highest BCUT2D eigenvalue weighted by molar-refractivity contribution is 5.31. The first-order chi connectivity index (χ1) is 10.7. The topological polar surface area (TPSA) is 44.4 Å². The van der Waals surface area contributed by atoms with E-state index in [9.17, 15) is 0 Å². The SMILES string of the molecule is COc1ccc([C@@H]2CN(Cc3cnc[nH]3)C[C@H]2N(C)C)cc1. The predicted octanol–water partition coefficient (Wildman–Crippen LogP) is 1.95. The van der Waals surface area contributed by atoms with Crippen molar-refractivity contribution in [2.45, 2.75) is 18.5 Å². The maximum atomic E-state index is 5.27. The summed E-state index contributed by atoms with van der Waals surface area (Å²) in [7, 11) is 6.04. The third-order valence-corrected chi connectivity index (χ3v) is 4.52. The zero-order chi connectivity index (χ0) is 15.5. The van der Waals surface area contributed by atoms with E-state index in [2.05, 4.69) is 58.1 Å². The fourth-order valence-corrected chi connectivity index (χ4v) is 3.31. The van der Waals surface area contributed by atoms with E-state index >= 15 is 0 Å². The molecule has 0 aliphatic carbocycles. The van der Waals surface area contributed by atoms with E-state index in [-0.39, 0.29) is 0 Å². The molecule has 5 nitrogen and oxygen atoms in total. The minimum absolute atomic E-state index is 0.517. The number of likely N-dealkylation sites (N-methyl/N-ethyl adjacent to an activating group) is 1. The number of imidazole rings is 1. The van der Waals surface area contributed by atoms with Crippen molar-refractivity contribution in [2.75, 3.05) is 34.3 Å². The average Bonchev–Trinajstić information content (AvgIpc) is 3.17. The van der Waals surface area contributed by atoms with Crippen molar-refractivity contribution < 1.29 is 4.74 Å². The van der Waals surface area contributed by atoms with Gasteiger partial charge in [0.05, 0.1) is 13.4 Å². The number of nitrogens with zero attached hydrogens (tertiary/aromatic N) is 3. The van der Waals surface area contributed by atoms with Gasteiger partial charge in [-0.15, -0.1) is 0 Å². The highest BCUT2D eigenvalue weighted by Gasteiger charge is 2.35. The first-order valence-corrected chi connectivity index (χ1v) is 7.67. The molecule has 1 aromatic heterocycles.